The van der Waals surface area contributed by atoms with E-state index in [2.05, 4.69) is 36.2 Å². The summed E-state index contributed by atoms with van der Waals surface area (Å²) >= 11 is 0. The van der Waals surface area contributed by atoms with Gasteiger partial charge in [-0.15, -0.1) is 0 Å². The molecule has 3 aromatic carbocycles. The van der Waals surface area contributed by atoms with E-state index in [0.29, 0.717) is 34.4 Å². The second kappa shape index (κ2) is 9.70. The molecule has 0 aliphatic rings. The number of benzene rings is 3. The summed E-state index contributed by atoms with van der Waals surface area (Å²) in [6.07, 6.45) is 1.69. The maximum atomic E-state index is 13.3. The number of carbonyl (C=O) groups excluding carboxylic acids is 1. The minimum absolute atomic E-state index is 0.117. The lowest BCUT2D eigenvalue weighted by atomic mass is 9.92. The number of ether oxygens (including phenoxy) is 3. The fraction of sp³-hybridized carbons (Fsp3) is 0.233. The van der Waals surface area contributed by atoms with Crippen molar-refractivity contribution < 1.29 is 19.0 Å². The highest BCUT2D eigenvalue weighted by Crippen LogP contribution is 2.37. The maximum absolute atomic E-state index is 13.3. The van der Waals surface area contributed by atoms with Crippen molar-refractivity contribution in [3.8, 4) is 23.0 Å². The molecule has 8 nitrogen and oxygen atoms in total. The number of hydrogen-bond acceptors (Lipinski definition) is 6. The Morgan fingerprint density at radius 2 is 1.66 bits per heavy atom. The number of fused-ring (bicyclic) bond motifs is 2. The molecule has 5 aromatic rings. The summed E-state index contributed by atoms with van der Waals surface area (Å²) in [5.74, 6) is 2.91. The van der Waals surface area contributed by atoms with Gasteiger partial charge in [0.25, 0.3) is 5.91 Å². The summed E-state index contributed by atoms with van der Waals surface area (Å²) in [6.45, 7) is 6.27. The number of aromatic nitrogens is 3. The zero-order valence-corrected chi connectivity index (χ0v) is 22.3. The van der Waals surface area contributed by atoms with Crippen LogP contribution in [0.1, 0.15) is 36.8 Å². The molecule has 1 amide bonds. The number of carbonyl (C=O) groups is 1. The van der Waals surface area contributed by atoms with Crippen LogP contribution in [0.5, 0.6) is 23.0 Å². The molecule has 0 bridgehead atoms. The van der Waals surface area contributed by atoms with E-state index in [-0.39, 0.29) is 11.3 Å². The molecule has 1 N–H and O–H groups in total. The standard InChI is InChI=1S/C30H30N4O4/c1-30(2,3)27-17-28(34(4)33-27)32-29(35)21-9-7-8-18-14-19(10-11-20(18)21)38-24-12-13-31-23-16-26(37-6)25(36-5)15-22(23)24/h7-17H,1-6H3,(H,32,35). The summed E-state index contributed by atoms with van der Waals surface area (Å²) in [4.78, 5) is 17.7. The Morgan fingerprint density at radius 1 is 0.895 bits per heavy atom. The normalized spacial score (nSPS) is 11.5. The van der Waals surface area contributed by atoms with Crippen LogP contribution in [0.4, 0.5) is 5.82 Å². The molecular formula is C30H30N4O4. The lowest BCUT2D eigenvalue weighted by Crippen LogP contribution is -2.14. The van der Waals surface area contributed by atoms with Gasteiger partial charge in [0.1, 0.15) is 17.3 Å². The third-order valence-corrected chi connectivity index (χ3v) is 6.42. The highest BCUT2D eigenvalue weighted by Gasteiger charge is 2.20. The molecule has 8 heteroatoms. The van der Waals surface area contributed by atoms with Crippen LogP contribution in [0, 0.1) is 0 Å². The zero-order chi connectivity index (χ0) is 27.0. The molecule has 0 atom stereocenters. The molecule has 0 aliphatic carbocycles. The van der Waals surface area contributed by atoms with Crippen LogP contribution in [-0.2, 0) is 12.5 Å². The minimum Gasteiger partial charge on any atom is -0.493 e. The molecule has 0 radical (unpaired) electrons. The Bertz CT molecular complexity index is 1670. The Balaban J connectivity index is 1.45. The number of hydrogen-bond donors (Lipinski definition) is 1. The topological polar surface area (TPSA) is 87.5 Å². The summed E-state index contributed by atoms with van der Waals surface area (Å²) in [7, 11) is 5.01. The molecule has 0 saturated heterocycles. The van der Waals surface area contributed by atoms with Gasteiger partial charge in [0.2, 0.25) is 0 Å². The quantitative estimate of drug-likeness (QED) is 0.281. The molecule has 38 heavy (non-hydrogen) atoms. The van der Waals surface area contributed by atoms with Gasteiger partial charge in [-0.25, -0.2) is 0 Å². The molecule has 0 spiro atoms. The Labute approximate surface area is 221 Å². The smallest absolute Gasteiger partial charge is 0.257 e. The molecule has 0 fully saturated rings. The first-order chi connectivity index (χ1) is 18.2. The van der Waals surface area contributed by atoms with E-state index in [0.717, 1.165) is 27.4 Å². The van der Waals surface area contributed by atoms with E-state index in [1.54, 1.807) is 25.1 Å². The summed E-state index contributed by atoms with van der Waals surface area (Å²) < 4.78 is 18.8. The van der Waals surface area contributed by atoms with Gasteiger partial charge >= 0.3 is 0 Å². The monoisotopic (exact) mass is 510 g/mol. The van der Waals surface area contributed by atoms with Gasteiger partial charge in [-0.1, -0.05) is 32.9 Å². The Morgan fingerprint density at radius 3 is 2.37 bits per heavy atom. The van der Waals surface area contributed by atoms with E-state index >= 15 is 0 Å². The summed E-state index contributed by atoms with van der Waals surface area (Å²) in [6, 6.07) is 18.7. The molecule has 5 rings (SSSR count). The van der Waals surface area contributed by atoms with Gasteiger partial charge in [0.05, 0.1) is 25.4 Å². The third kappa shape index (κ3) is 4.72. The van der Waals surface area contributed by atoms with Gasteiger partial charge in [0, 0.05) is 41.7 Å². The van der Waals surface area contributed by atoms with Crippen LogP contribution >= 0.6 is 0 Å². The van der Waals surface area contributed by atoms with Gasteiger partial charge < -0.3 is 19.5 Å². The maximum Gasteiger partial charge on any atom is 0.257 e. The van der Waals surface area contributed by atoms with E-state index in [1.165, 1.54) is 0 Å². The van der Waals surface area contributed by atoms with Crippen LogP contribution < -0.4 is 19.5 Å². The van der Waals surface area contributed by atoms with Crippen molar-refractivity contribution in [3.05, 3.63) is 78.1 Å². The van der Waals surface area contributed by atoms with Gasteiger partial charge in [-0.2, -0.15) is 5.10 Å². The van der Waals surface area contributed by atoms with Crippen LogP contribution in [0.15, 0.2) is 66.9 Å². The highest BCUT2D eigenvalue weighted by atomic mass is 16.5. The number of rotatable bonds is 6. The van der Waals surface area contributed by atoms with E-state index in [4.69, 9.17) is 14.2 Å². The molecule has 2 aromatic heterocycles. The van der Waals surface area contributed by atoms with Crippen LogP contribution in [-0.4, -0.2) is 34.9 Å². The fourth-order valence-corrected chi connectivity index (χ4v) is 4.32. The van der Waals surface area contributed by atoms with E-state index in [1.807, 2.05) is 67.7 Å². The number of methoxy groups -OCH3 is 2. The largest absolute Gasteiger partial charge is 0.493 e. The lowest BCUT2D eigenvalue weighted by Gasteiger charge is -2.13. The molecule has 194 valence electrons. The van der Waals surface area contributed by atoms with Crippen molar-refractivity contribution in [2.75, 3.05) is 19.5 Å². The number of nitrogens with one attached hydrogen (secondary N) is 1. The first kappa shape index (κ1) is 25.1. The predicted octanol–water partition coefficient (Wildman–Crippen LogP) is 6.48. The van der Waals surface area contributed by atoms with E-state index < -0.39 is 0 Å². The number of amides is 1. The second-order valence-electron chi connectivity index (χ2n) is 10.1. The van der Waals surface area contributed by atoms with Crippen molar-refractivity contribution >= 4 is 33.4 Å². The first-order valence-corrected chi connectivity index (χ1v) is 12.2. The average molecular weight is 511 g/mol. The number of nitrogens with zero attached hydrogens (tertiary/aromatic N) is 3. The summed E-state index contributed by atoms with van der Waals surface area (Å²) in [5.41, 5.74) is 2.09. The van der Waals surface area contributed by atoms with Gasteiger partial charge in [0.15, 0.2) is 11.5 Å². The van der Waals surface area contributed by atoms with E-state index in [9.17, 15) is 4.79 Å². The number of pyridine rings is 1. The van der Waals surface area contributed by atoms with Gasteiger partial charge in [-0.05, 0) is 47.2 Å². The summed E-state index contributed by atoms with van der Waals surface area (Å²) in [5, 5.41) is 10.1. The van der Waals surface area contributed by atoms with Crippen molar-refractivity contribution in [2.45, 2.75) is 26.2 Å². The third-order valence-electron chi connectivity index (χ3n) is 6.42. The number of aryl methyl sites for hydroxylation is 1. The molecule has 0 unspecified atom stereocenters. The van der Waals surface area contributed by atoms with Crippen LogP contribution in [0.25, 0.3) is 21.7 Å². The lowest BCUT2D eigenvalue weighted by molar-refractivity contribution is 0.102. The Hall–Kier alpha value is -4.59. The fourth-order valence-electron chi connectivity index (χ4n) is 4.32. The van der Waals surface area contributed by atoms with Gasteiger partial charge in [-0.3, -0.25) is 14.5 Å². The van der Waals surface area contributed by atoms with Crippen LogP contribution in [0.2, 0.25) is 0 Å². The minimum atomic E-state index is -0.200. The molecular weight excluding hydrogens is 480 g/mol. The van der Waals surface area contributed by atoms with Crippen molar-refractivity contribution in [3.63, 3.8) is 0 Å². The SMILES string of the molecule is COc1cc2nccc(Oc3ccc4c(C(=O)Nc5cc(C(C)(C)C)nn5C)cccc4c3)c2cc1OC. The Kier molecular flexibility index (Phi) is 6.40. The van der Waals surface area contributed by atoms with Crippen molar-refractivity contribution in [1.82, 2.24) is 14.8 Å². The predicted molar refractivity (Wildman–Crippen MR) is 149 cm³/mol. The highest BCUT2D eigenvalue weighted by molar-refractivity contribution is 6.12. The zero-order valence-electron chi connectivity index (χ0n) is 22.3. The first-order valence-electron chi connectivity index (χ1n) is 12.2. The molecule has 0 aliphatic heterocycles. The van der Waals surface area contributed by atoms with Crippen molar-refractivity contribution in [1.29, 1.82) is 0 Å². The van der Waals surface area contributed by atoms with Crippen molar-refractivity contribution in [2.24, 2.45) is 7.05 Å². The number of anilines is 1. The average Bonchev–Trinajstić information content (AvgIpc) is 3.28. The molecule has 2 heterocycles. The van der Waals surface area contributed by atoms with Crippen LogP contribution in [0.3, 0.4) is 0 Å². The molecule has 0 saturated carbocycles. The second-order valence-corrected chi connectivity index (χ2v) is 10.1.